The van der Waals surface area contributed by atoms with Crippen LogP contribution in [-0.2, 0) is 4.74 Å². The molecule has 21 heavy (non-hydrogen) atoms. The van der Waals surface area contributed by atoms with Crippen LogP contribution in [-0.4, -0.2) is 38.8 Å². The number of ether oxygens (including phenoxy) is 1. The molecule has 0 aliphatic heterocycles. The van der Waals surface area contributed by atoms with E-state index in [1.807, 2.05) is 6.92 Å². The Morgan fingerprint density at radius 3 is 2.43 bits per heavy atom. The molecule has 1 fully saturated rings. The van der Waals surface area contributed by atoms with E-state index < -0.39 is 0 Å². The number of guanidine groups is 1. The van der Waals surface area contributed by atoms with Crippen molar-refractivity contribution in [2.75, 3.05) is 32.8 Å². The number of halogens is 1. The lowest BCUT2D eigenvalue weighted by molar-refractivity contribution is 0.139. The standard InChI is InChI=1S/C16H33N3O.HI/c1-4-16(10-9-11-16)14-19-15(17-5-2)18-12-7-8-13-20-6-3;/h4-14H2,1-3H3,(H2,17,18,19);1H. The number of unbranched alkanes of at least 4 members (excludes halogenated alkanes) is 1. The Labute approximate surface area is 147 Å². The van der Waals surface area contributed by atoms with Gasteiger partial charge in [0.05, 0.1) is 0 Å². The average Bonchev–Trinajstić information content (AvgIpc) is 2.41. The van der Waals surface area contributed by atoms with Gasteiger partial charge in [-0.3, -0.25) is 4.99 Å². The van der Waals surface area contributed by atoms with Crippen LogP contribution in [0.5, 0.6) is 0 Å². The van der Waals surface area contributed by atoms with Gasteiger partial charge in [0.15, 0.2) is 5.96 Å². The topological polar surface area (TPSA) is 45.7 Å². The summed E-state index contributed by atoms with van der Waals surface area (Å²) in [5, 5.41) is 6.76. The van der Waals surface area contributed by atoms with E-state index in [1.54, 1.807) is 0 Å². The van der Waals surface area contributed by atoms with E-state index in [2.05, 4.69) is 24.5 Å². The lowest BCUT2D eigenvalue weighted by Gasteiger charge is -2.40. The molecule has 126 valence electrons. The third kappa shape index (κ3) is 8.24. The van der Waals surface area contributed by atoms with Crippen LogP contribution in [0, 0.1) is 5.41 Å². The molecule has 2 N–H and O–H groups in total. The monoisotopic (exact) mass is 411 g/mol. The number of hydrogen-bond donors (Lipinski definition) is 2. The highest BCUT2D eigenvalue weighted by Gasteiger charge is 2.34. The second-order valence-electron chi connectivity index (χ2n) is 5.73. The van der Waals surface area contributed by atoms with Crippen LogP contribution in [0.4, 0.5) is 0 Å². The minimum absolute atomic E-state index is 0. The number of hydrogen-bond acceptors (Lipinski definition) is 2. The normalized spacial score (nSPS) is 16.8. The summed E-state index contributed by atoms with van der Waals surface area (Å²) in [5.74, 6) is 0.976. The molecule has 1 rings (SSSR count). The van der Waals surface area contributed by atoms with Crippen molar-refractivity contribution in [3.8, 4) is 0 Å². The first-order valence-electron chi connectivity index (χ1n) is 8.36. The highest BCUT2D eigenvalue weighted by atomic mass is 127. The minimum atomic E-state index is 0. The van der Waals surface area contributed by atoms with Gasteiger partial charge in [-0.05, 0) is 51.4 Å². The van der Waals surface area contributed by atoms with Crippen LogP contribution in [0.1, 0.15) is 59.3 Å². The average molecular weight is 411 g/mol. The summed E-state index contributed by atoms with van der Waals surface area (Å²) in [4.78, 5) is 4.78. The first-order chi connectivity index (χ1) is 9.76. The Bertz CT molecular complexity index is 275. The van der Waals surface area contributed by atoms with Crippen molar-refractivity contribution in [2.24, 2.45) is 10.4 Å². The second kappa shape index (κ2) is 12.5. The molecule has 4 nitrogen and oxygen atoms in total. The maximum Gasteiger partial charge on any atom is 0.191 e. The van der Waals surface area contributed by atoms with E-state index in [-0.39, 0.29) is 24.0 Å². The third-order valence-electron chi connectivity index (χ3n) is 4.29. The summed E-state index contributed by atoms with van der Waals surface area (Å²) in [6.07, 6.45) is 7.57. The molecule has 0 amide bonds. The maximum absolute atomic E-state index is 5.34. The zero-order valence-corrected chi connectivity index (χ0v) is 16.4. The van der Waals surface area contributed by atoms with E-state index in [0.717, 1.165) is 51.6 Å². The molecule has 0 aromatic rings. The van der Waals surface area contributed by atoms with E-state index >= 15 is 0 Å². The summed E-state index contributed by atoms with van der Waals surface area (Å²) in [7, 11) is 0. The largest absolute Gasteiger partial charge is 0.382 e. The van der Waals surface area contributed by atoms with Gasteiger partial charge in [-0.15, -0.1) is 24.0 Å². The van der Waals surface area contributed by atoms with Crippen LogP contribution < -0.4 is 10.6 Å². The molecular weight excluding hydrogens is 377 g/mol. The number of rotatable bonds is 10. The first kappa shape index (κ1) is 21.0. The fourth-order valence-corrected chi connectivity index (χ4v) is 2.57. The van der Waals surface area contributed by atoms with Gasteiger partial charge < -0.3 is 15.4 Å². The van der Waals surface area contributed by atoms with Crippen LogP contribution >= 0.6 is 24.0 Å². The van der Waals surface area contributed by atoms with Gasteiger partial charge in [0.2, 0.25) is 0 Å². The van der Waals surface area contributed by atoms with Crippen molar-refractivity contribution < 1.29 is 4.74 Å². The van der Waals surface area contributed by atoms with Crippen LogP contribution in [0.25, 0.3) is 0 Å². The van der Waals surface area contributed by atoms with Gasteiger partial charge in [0.1, 0.15) is 0 Å². The van der Waals surface area contributed by atoms with Crippen molar-refractivity contribution in [1.82, 2.24) is 10.6 Å². The summed E-state index contributed by atoms with van der Waals surface area (Å²) in [6.45, 7) is 11.0. The van der Waals surface area contributed by atoms with Crippen molar-refractivity contribution >= 4 is 29.9 Å². The molecule has 0 bridgehead atoms. The lowest BCUT2D eigenvalue weighted by atomic mass is 9.67. The van der Waals surface area contributed by atoms with E-state index in [9.17, 15) is 0 Å². The SMILES string of the molecule is CCNC(=NCC1(CC)CCC1)NCCCCOCC.I. The van der Waals surface area contributed by atoms with Gasteiger partial charge in [-0.2, -0.15) is 0 Å². The molecule has 0 saturated heterocycles. The van der Waals surface area contributed by atoms with E-state index in [1.165, 1.54) is 25.7 Å². The van der Waals surface area contributed by atoms with Gasteiger partial charge >= 0.3 is 0 Å². The molecule has 0 spiro atoms. The fourth-order valence-electron chi connectivity index (χ4n) is 2.57. The lowest BCUT2D eigenvalue weighted by Crippen LogP contribution is -2.40. The molecule has 5 heteroatoms. The molecular formula is C16H34IN3O. The quantitative estimate of drug-likeness (QED) is 0.250. The van der Waals surface area contributed by atoms with Gasteiger partial charge in [0, 0.05) is 32.8 Å². The first-order valence-corrected chi connectivity index (χ1v) is 8.36. The van der Waals surface area contributed by atoms with Crippen LogP contribution in [0.15, 0.2) is 4.99 Å². The Hall–Kier alpha value is -0.0400. The predicted molar refractivity (Wildman–Crippen MR) is 102 cm³/mol. The zero-order valence-electron chi connectivity index (χ0n) is 14.0. The number of nitrogens with zero attached hydrogens (tertiary/aromatic N) is 1. The Balaban J connectivity index is 0.00000400. The molecule has 1 saturated carbocycles. The molecule has 0 radical (unpaired) electrons. The smallest absolute Gasteiger partial charge is 0.191 e. The van der Waals surface area contributed by atoms with Gasteiger partial charge in [-0.1, -0.05) is 13.3 Å². The number of nitrogens with one attached hydrogen (secondary N) is 2. The van der Waals surface area contributed by atoms with E-state index in [0.29, 0.717) is 5.41 Å². The molecule has 0 unspecified atom stereocenters. The maximum atomic E-state index is 5.34. The Kier molecular flexibility index (Phi) is 12.5. The second-order valence-corrected chi connectivity index (χ2v) is 5.73. The van der Waals surface area contributed by atoms with Crippen LogP contribution in [0.2, 0.25) is 0 Å². The highest BCUT2D eigenvalue weighted by molar-refractivity contribution is 14.0. The van der Waals surface area contributed by atoms with Crippen molar-refractivity contribution in [3.05, 3.63) is 0 Å². The molecule has 1 aliphatic rings. The highest BCUT2D eigenvalue weighted by Crippen LogP contribution is 2.43. The third-order valence-corrected chi connectivity index (χ3v) is 4.29. The molecule has 0 aromatic carbocycles. The van der Waals surface area contributed by atoms with Gasteiger partial charge in [-0.25, -0.2) is 0 Å². The predicted octanol–water partition coefficient (Wildman–Crippen LogP) is 3.56. The molecule has 0 atom stereocenters. The van der Waals surface area contributed by atoms with Crippen LogP contribution in [0.3, 0.4) is 0 Å². The Morgan fingerprint density at radius 1 is 1.14 bits per heavy atom. The molecule has 0 heterocycles. The van der Waals surface area contributed by atoms with Crippen molar-refractivity contribution in [3.63, 3.8) is 0 Å². The van der Waals surface area contributed by atoms with Crippen molar-refractivity contribution in [2.45, 2.75) is 59.3 Å². The van der Waals surface area contributed by atoms with Gasteiger partial charge in [0.25, 0.3) is 0 Å². The van der Waals surface area contributed by atoms with E-state index in [4.69, 9.17) is 9.73 Å². The summed E-state index contributed by atoms with van der Waals surface area (Å²) in [5.41, 5.74) is 0.497. The zero-order chi connectivity index (χ0) is 14.7. The van der Waals surface area contributed by atoms with Crippen molar-refractivity contribution in [1.29, 1.82) is 0 Å². The number of aliphatic imine (C=N–C) groups is 1. The Morgan fingerprint density at radius 2 is 1.90 bits per heavy atom. The summed E-state index contributed by atoms with van der Waals surface area (Å²) in [6, 6.07) is 0. The molecule has 0 aromatic heterocycles. The fraction of sp³-hybridized carbons (Fsp3) is 0.938. The summed E-state index contributed by atoms with van der Waals surface area (Å²) >= 11 is 0. The molecule has 1 aliphatic carbocycles. The summed E-state index contributed by atoms with van der Waals surface area (Å²) < 4.78 is 5.34. The minimum Gasteiger partial charge on any atom is -0.382 e.